The summed E-state index contributed by atoms with van der Waals surface area (Å²) in [6, 6.07) is 5.84. The van der Waals surface area contributed by atoms with Gasteiger partial charge in [0.05, 0.1) is 24.8 Å². The largest absolute Gasteiger partial charge is 0.465 e. The molecular weight excluding hydrogens is 492 g/mol. The van der Waals surface area contributed by atoms with Crippen LogP contribution in [-0.2, 0) is 22.4 Å². The van der Waals surface area contributed by atoms with E-state index in [1.165, 1.54) is 23.3 Å². The van der Waals surface area contributed by atoms with E-state index in [1.807, 2.05) is 18.2 Å². The molecule has 4 aliphatic rings. The zero-order valence-corrected chi connectivity index (χ0v) is 22.0. The van der Waals surface area contributed by atoms with Crippen LogP contribution in [0.2, 0.25) is 0 Å². The van der Waals surface area contributed by atoms with Gasteiger partial charge in [-0.3, -0.25) is 9.69 Å². The third-order valence-electron chi connectivity index (χ3n) is 8.57. The van der Waals surface area contributed by atoms with Gasteiger partial charge in [-0.05, 0) is 68.2 Å². The Labute approximate surface area is 220 Å². The number of aryl methyl sites for hydroxylation is 1. The van der Waals surface area contributed by atoms with Crippen LogP contribution in [0.4, 0.5) is 5.00 Å². The molecular formula is C28H34N2O6S. The zero-order valence-electron chi connectivity index (χ0n) is 21.2. The zero-order chi connectivity index (χ0) is 25.6. The number of methoxy groups -OCH3 is 1. The Kier molecular flexibility index (Phi) is 6.63. The first-order chi connectivity index (χ1) is 18.0. The SMILES string of the molecule is COC(=O)c1c(NC(=O)CN2CCC3(O)CCCCC3C2c2ccc3c(c2)OCO3)sc2c1CCCC2. The van der Waals surface area contributed by atoms with E-state index in [0.717, 1.165) is 68.2 Å². The first-order valence-electron chi connectivity index (χ1n) is 13.4. The summed E-state index contributed by atoms with van der Waals surface area (Å²) in [6.45, 7) is 0.995. The molecule has 3 atom stereocenters. The lowest BCUT2D eigenvalue weighted by Gasteiger charge is -2.52. The van der Waals surface area contributed by atoms with Gasteiger partial charge >= 0.3 is 5.97 Å². The van der Waals surface area contributed by atoms with Crippen molar-refractivity contribution in [3.8, 4) is 11.5 Å². The number of esters is 1. The number of amides is 1. The van der Waals surface area contributed by atoms with E-state index in [0.29, 0.717) is 29.3 Å². The first-order valence-corrected chi connectivity index (χ1v) is 14.2. The Morgan fingerprint density at radius 3 is 2.86 bits per heavy atom. The molecule has 1 aromatic heterocycles. The number of fused-ring (bicyclic) bond motifs is 3. The quantitative estimate of drug-likeness (QED) is 0.556. The second kappa shape index (κ2) is 9.93. The number of piperidine rings is 1. The molecule has 2 aromatic rings. The summed E-state index contributed by atoms with van der Waals surface area (Å²) >= 11 is 1.50. The van der Waals surface area contributed by atoms with Gasteiger partial charge in [0.25, 0.3) is 0 Å². The molecule has 1 saturated carbocycles. The maximum absolute atomic E-state index is 13.5. The van der Waals surface area contributed by atoms with Crippen LogP contribution in [0, 0.1) is 5.92 Å². The fraction of sp³-hybridized carbons (Fsp3) is 0.571. The fourth-order valence-corrected chi connectivity index (χ4v) is 8.08. The number of anilines is 1. The molecule has 6 rings (SSSR count). The van der Waals surface area contributed by atoms with Crippen molar-refractivity contribution in [3.63, 3.8) is 0 Å². The van der Waals surface area contributed by atoms with E-state index >= 15 is 0 Å². The minimum absolute atomic E-state index is 0.0304. The highest BCUT2D eigenvalue weighted by molar-refractivity contribution is 7.17. The van der Waals surface area contributed by atoms with E-state index in [-0.39, 0.29) is 31.2 Å². The highest BCUT2D eigenvalue weighted by Gasteiger charge is 2.49. The predicted octanol–water partition coefficient (Wildman–Crippen LogP) is 4.45. The summed E-state index contributed by atoms with van der Waals surface area (Å²) < 4.78 is 16.2. The highest BCUT2D eigenvalue weighted by atomic mass is 32.1. The number of benzene rings is 1. The molecule has 2 N–H and O–H groups in total. The summed E-state index contributed by atoms with van der Waals surface area (Å²) in [5.41, 5.74) is 1.85. The van der Waals surface area contributed by atoms with Crippen LogP contribution in [0.1, 0.15) is 77.3 Å². The molecule has 3 heterocycles. The summed E-state index contributed by atoms with van der Waals surface area (Å²) in [4.78, 5) is 29.4. The van der Waals surface area contributed by atoms with Gasteiger partial charge in [-0.2, -0.15) is 0 Å². The number of rotatable bonds is 5. The molecule has 3 unspecified atom stereocenters. The molecule has 198 valence electrons. The molecule has 2 aliphatic carbocycles. The molecule has 0 spiro atoms. The van der Waals surface area contributed by atoms with Crippen LogP contribution < -0.4 is 14.8 Å². The Bertz CT molecular complexity index is 1210. The molecule has 0 bridgehead atoms. The number of nitrogens with one attached hydrogen (secondary N) is 1. The van der Waals surface area contributed by atoms with Crippen LogP contribution in [0.25, 0.3) is 0 Å². The Morgan fingerprint density at radius 2 is 2.00 bits per heavy atom. The van der Waals surface area contributed by atoms with Crippen LogP contribution in [0.5, 0.6) is 11.5 Å². The first kappa shape index (κ1) is 24.7. The number of nitrogens with zero attached hydrogens (tertiary/aromatic N) is 1. The maximum Gasteiger partial charge on any atom is 0.341 e. The van der Waals surface area contributed by atoms with E-state index in [2.05, 4.69) is 10.2 Å². The third kappa shape index (κ3) is 4.51. The molecule has 2 fully saturated rings. The Hall–Kier alpha value is -2.62. The van der Waals surface area contributed by atoms with Crippen molar-refractivity contribution in [1.82, 2.24) is 4.90 Å². The van der Waals surface area contributed by atoms with Crippen molar-refractivity contribution in [2.75, 3.05) is 32.3 Å². The number of likely N-dealkylation sites (tertiary alicyclic amines) is 1. The summed E-state index contributed by atoms with van der Waals surface area (Å²) in [7, 11) is 1.38. The number of ether oxygens (including phenoxy) is 3. The second-order valence-corrected chi connectivity index (χ2v) is 11.8. The number of aliphatic hydroxyl groups is 1. The van der Waals surface area contributed by atoms with Crippen LogP contribution in [0.15, 0.2) is 18.2 Å². The molecule has 2 aliphatic heterocycles. The molecule has 9 heteroatoms. The van der Waals surface area contributed by atoms with Crippen molar-refractivity contribution in [3.05, 3.63) is 39.8 Å². The van der Waals surface area contributed by atoms with E-state index in [9.17, 15) is 14.7 Å². The van der Waals surface area contributed by atoms with E-state index in [1.54, 1.807) is 0 Å². The number of carbonyl (C=O) groups is 2. The van der Waals surface area contributed by atoms with Gasteiger partial charge in [-0.25, -0.2) is 4.79 Å². The van der Waals surface area contributed by atoms with Gasteiger partial charge in [0.15, 0.2) is 11.5 Å². The van der Waals surface area contributed by atoms with Crippen molar-refractivity contribution in [2.45, 2.75) is 69.4 Å². The van der Waals surface area contributed by atoms with E-state index < -0.39 is 11.6 Å². The van der Waals surface area contributed by atoms with Crippen LogP contribution >= 0.6 is 11.3 Å². The summed E-state index contributed by atoms with van der Waals surface area (Å²) in [5, 5.41) is 15.2. The average Bonchev–Trinajstić information content (AvgIpc) is 3.51. The lowest BCUT2D eigenvalue weighted by molar-refractivity contribution is -0.135. The van der Waals surface area contributed by atoms with Crippen molar-refractivity contribution in [2.24, 2.45) is 5.92 Å². The Balaban J connectivity index is 1.27. The highest BCUT2D eigenvalue weighted by Crippen LogP contribution is 2.50. The normalized spacial score (nSPS) is 26.8. The monoisotopic (exact) mass is 526 g/mol. The molecule has 1 saturated heterocycles. The molecule has 8 nitrogen and oxygen atoms in total. The van der Waals surface area contributed by atoms with Gasteiger partial charge in [0.2, 0.25) is 12.7 Å². The second-order valence-electron chi connectivity index (χ2n) is 10.7. The smallest absolute Gasteiger partial charge is 0.341 e. The predicted molar refractivity (Wildman–Crippen MR) is 139 cm³/mol. The third-order valence-corrected chi connectivity index (χ3v) is 9.78. The Morgan fingerprint density at radius 1 is 1.16 bits per heavy atom. The van der Waals surface area contributed by atoms with Gasteiger partial charge < -0.3 is 24.6 Å². The number of thiophene rings is 1. The minimum Gasteiger partial charge on any atom is -0.465 e. The van der Waals surface area contributed by atoms with Crippen molar-refractivity contribution < 1.29 is 28.9 Å². The number of hydrogen-bond acceptors (Lipinski definition) is 8. The van der Waals surface area contributed by atoms with Gasteiger partial charge in [0, 0.05) is 23.4 Å². The number of carbonyl (C=O) groups excluding carboxylic acids is 2. The topological polar surface area (TPSA) is 97.3 Å². The van der Waals surface area contributed by atoms with Gasteiger partial charge in [-0.15, -0.1) is 11.3 Å². The molecule has 1 aromatic carbocycles. The van der Waals surface area contributed by atoms with Crippen LogP contribution in [0.3, 0.4) is 0 Å². The van der Waals surface area contributed by atoms with Gasteiger partial charge in [-0.1, -0.05) is 18.9 Å². The van der Waals surface area contributed by atoms with E-state index in [4.69, 9.17) is 14.2 Å². The molecule has 37 heavy (non-hydrogen) atoms. The van der Waals surface area contributed by atoms with Gasteiger partial charge in [0.1, 0.15) is 5.00 Å². The lowest BCUT2D eigenvalue weighted by Crippen LogP contribution is -2.56. The maximum atomic E-state index is 13.5. The van der Waals surface area contributed by atoms with Crippen LogP contribution in [-0.4, -0.2) is 54.5 Å². The van der Waals surface area contributed by atoms with Crippen molar-refractivity contribution in [1.29, 1.82) is 0 Å². The summed E-state index contributed by atoms with van der Waals surface area (Å²) in [6.07, 6.45) is 8.35. The average molecular weight is 527 g/mol. The minimum atomic E-state index is -0.725. The van der Waals surface area contributed by atoms with Crippen molar-refractivity contribution >= 4 is 28.2 Å². The summed E-state index contributed by atoms with van der Waals surface area (Å²) in [5.74, 6) is 0.912. The molecule has 1 amide bonds. The fourth-order valence-electron chi connectivity index (χ4n) is 6.78. The standard InChI is InChI=1S/C28H34N2O6S/c1-34-27(32)24-18-6-2-3-8-22(18)37-26(24)29-23(31)15-30-13-12-28(33)11-5-4-7-19(28)25(30)17-9-10-20-21(14-17)36-16-35-20/h9-10,14,19,25,33H,2-8,11-13,15-16H2,1H3,(H,29,31). The molecule has 0 radical (unpaired) electrons. The lowest BCUT2D eigenvalue weighted by atomic mass is 9.66. The number of hydrogen-bond donors (Lipinski definition) is 2.